The van der Waals surface area contributed by atoms with Crippen LogP contribution in [-0.2, 0) is 16.2 Å². The van der Waals surface area contributed by atoms with Crippen LogP contribution in [0.4, 0.5) is 4.79 Å². The number of carbonyl (C=O) groups excluding carboxylic acids is 2. The molecule has 23 heavy (non-hydrogen) atoms. The van der Waals surface area contributed by atoms with Gasteiger partial charge in [-0.15, -0.1) is 0 Å². The van der Waals surface area contributed by atoms with Crippen LogP contribution in [0.25, 0.3) is 0 Å². The minimum absolute atomic E-state index is 0.0228. The van der Waals surface area contributed by atoms with Crippen LogP contribution < -0.4 is 5.43 Å². The Morgan fingerprint density at radius 1 is 1.30 bits per heavy atom. The van der Waals surface area contributed by atoms with Gasteiger partial charge in [-0.05, 0) is 18.4 Å². The van der Waals surface area contributed by atoms with Gasteiger partial charge in [-0.1, -0.05) is 30.3 Å². The molecule has 2 fully saturated rings. The summed E-state index contributed by atoms with van der Waals surface area (Å²) in [6.45, 7) is 0.893. The molecule has 7 heteroatoms. The van der Waals surface area contributed by atoms with Crippen molar-refractivity contribution in [3.8, 4) is 0 Å². The van der Waals surface area contributed by atoms with Gasteiger partial charge in [0.2, 0.25) is 0 Å². The average molecular weight is 318 g/mol. The van der Waals surface area contributed by atoms with Gasteiger partial charge in [0.15, 0.2) is 0 Å². The Kier molecular flexibility index (Phi) is 4.49. The van der Waals surface area contributed by atoms with E-state index in [1.807, 2.05) is 30.3 Å². The number of piperidine rings is 1. The molecule has 1 N–H and O–H groups in total. The third-order valence-corrected chi connectivity index (χ3v) is 4.17. The van der Waals surface area contributed by atoms with Gasteiger partial charge in [0.25, 0.3) is 5.91 Å². The van der Waals surface area contributed by atoms with E-state index in [1.165, 1.54) is 5.06 Å². The zero-order chi connectivity index (χ0) is 16.4. The number of nitrogens with zero attached hydrogens (tertiary/aromatic N) is 3. The molecular weight excluding hydrogens is 296 g/mol. The number of rotatable bonds is 5. The van der Waals surface area contributed by atoms with Gasteiger partial charge < -0.3 is 4.90 Å². The summed E-state index contributed by atoms with van der Waals surface area (Å²) in [7, 11) is 3.51. The first-order valence-corrected chi connectivity index (χ1v) is 7.81. The fraction of sp³-hybridized carbons (Fsp3) is 0.500. The van der Waals surface area contributed by atoms with E-state index in [2.05, 4.69) is 5.43 Å². The third kappa shape index (κ3) is 3.30. The Labute approximate surface area is 135 Å². The largest absolute Gasteiger partial charge is 0.345 e. The lowest BCUT2D eigenvalue weighted by Crippen LogP contribution is -2.52. The van der Waals surface area contributed by atoms with Crippen LogP contribution in [-0.4, -0.2) is 59.6 Å². The second-order valence-corrected chi connectivity index (χ2v) is 6.14. The van der Waals surface area contributed by atoms with E-state index in [4.69, 9.17) is 4.84 Å². The zero-order valence-corrected chi connectivity index (χ0v) is 13.4. The molecule has 2 aliphatic rings. The van der Waals surface area contributed by atoms with E-state index >= 15 is 0 Å². The number of hydrogen-bond donors (Lipinski definition) is 1. The van der Waals surface area contributed by atoms with E-state index in [9.17, 15) is 9.59 Å². The molecular formula is C16H22N4O3. The number of hydrazine groups is 1. The summed E-state index contributed by atoms with van der Waals surface area (Å²) < 4.78 is 0. The number of fused-ring (bicyclic) bond motifs is 2. The zero-order valence-electron chi connectivity index (χ0n) is 13.4. The van der Waals surface area contributed by atoms with Crippen molar-refractivity contribution in [3.05, 3.63) is 35.9 Å². The number of hydrogen-bond acceptors (Lipinski definition) is 4. The van der Waals surface area contributed by atoms with Crippen molar-refractivity contribution in [2.24, 2.45) is 0 Å². The molecule has 1 aromatic rings. The second kappa shape index (κ2) is 6.55. The van der Waals surface area contributed by atoms with E-state index in [0.29, 0.717) is 19.6 Å². The highest BCUT2D eigenvalue weighted by Gasteiger charge is 2.47. The maximum atomic E-state index is 12.5. The molecule has 0 aromatic heterocycles. The molecule has 124 valence electrons. The topological polar surface area (TPSA) is 65.1 Å². The van der Waals surface area contributed by atoms with Crippen LogP contribution >= 0.6 is 0 Å². The number of amides is 3. The Bertz CT molecular complexity index is 578. The van der Waals surface area contributed by atoms with Gasteiger partial charge in [0, 0.05) is 20.6 Å². The van der Waals surface area contributed by atoms with Crippen molar-refractivity contribution in [2.75, 3.05) is 20.6 Å². The van der Waals surface area contributed by atoms with E-state index in [0.717, 1.165) is 12.0 Å². The summed E-state index contributed by atoms with van der Waals surface area (Å²) in [5, 5.41) is 3.04. The monoisotopic (exact) mass is 318 g/mol. The molecule has 0 unspecified atom stereocenters. The summed E-state index contributed by atoms with van der Waals surface area (Å²) in [5.74, 6) is -0.147. The molecule has 3 rings (SSSR count). The van der Waals surface area contributed by atoms with Crippen molar-refractivity contribution in [1.82, 2.24) is 20.4 Å². The number of urea groups is 1. The maximum Gasteiger partial charge on any atom is 0.345 e. The first kappa shape index (κ1) is 15.8. The fourth-order valence-corrected chi connectivity index (χ4v) is 3.08. The Morgan fingerprint density at radius 2 is 2.04 bits per heavy atom. The number of carbonyl (C=O) groups is 2. The number of benzene rings is 1. The second-order valence-electron chi connectivity index (χ2n) is 6.14. The average Bonchev–Trinajstić information content (AvgIpc) is 2.77. The summed E-state index contributed by atoms with van der Waals surface area (Å²) in [5.41, 5.74) is 3.74. The SMILES string of the molecule is CN(C)NC(=O)[C@@H]1CC[C@@H]2CN1C(=O)N2OCc1ccccc1. The molecule has 7 nitrogen and oxygen atoms in total. The molecule has 2 bridgehead atoms. The van der Waals surface area contributed by atoms with Gasteiger partial charge in [0.1, 0.15) is 12.6 Å². The first-order chi connectivity index (χ1) is 11.1. The summed E-state index contributed by atoms with van der Waals surface area (Å²) >= 11 is 0. The number of nitrogens with one attached hydrogen (secondary N) is 1. The minimum Gasteiger partial charge on any atom is -0.309 e. The van der Waals surface area contributed by atoms with Crippen molar-refractivity contribution in [1.29, 1.82) is 0 Å². The minimum atomic E-state index is -0.425. The molecule has 3 amide bonds. The van der Waals surface area contributed by atoms with Gasteiger partial charge in [0.05, 0.1) is 6.04 Å². The standard InChI is InChI=1S/C16H22N4O3/c1-18(2)17-15(21)14-9-8-13-10-19(14)16(22)20(13)23-11-12-6-4-3-5-7-12/h3-7,13-14H,8-11H2,1-2H3,(H,17,21)/t13-,14+/m1/s1. The third-order valence-electron chi connectivity index (χ3n) is 4.17. The Balaban J connectivity index is 1.63. The molecule has 2 aliphatic heterocycles. The van der Waals surface area contributed by atoms with E-state index < -0.39 is 6.04 Å². The smallest absolute Gasteiger partial charge is 0.309 e. The van der Waals surface area contributed by atoms with Crippen LogP contribution in [0.2, 0.25) is 0 Å². The normalized spacial score (nSPS) is 23.5. The lowest BCUT2D eigenvalue weighted by atomic mass is 10.0. The molecule has 2 heterocycles. The van der Waals surface area contributed by atoms with Gasteiger partial charge in [-0.3, -0.25) is 15.1 Å². The van der Waals surface area contributed by atoms with Crippen molar-refractivity contribution >= 4 is 11.9 Å². The van der Waals surface area contributed by atoms with Crippen LogP contribution in [0.5, 0.6) is 0 Å². The van der Waals surface area contributed by atoms with Crippen molar-refractivity contribution in [2.45, 2.75) is 31.5 Å². The van der Waals surface area contributed by atoms with Crippen molar-refractivity contribution < 1.29 is 14.4 Å². The molecule has 2 atom stereocenters. The lowest BCUT2D eigenvalue weighted by Gasteiger charge is -2.30. The maximum absolute atomic E-state index is 12.5. The summed E-state index contributed by atoms with van der Waals surface area (Å²) in [4.78, 5) is 32.1. The van der Waals surface area contributed by atoms with Gasteiger partial charge in [-0.2, -0.15) is 5.06 Å². The Hall–Kier alpha value is -2.12. The molecule has 2 saturated heterocycles. The van der Waals surface area contributed by atoms with Crippen LogP contribution in [0.15, 0.2) is 30.3 Å². The lowest BCUT2D eigenvalue weighted by molar-refractivity contribution is -0.140. The van der Waals surface area contributed by atoms with Gasteiger partial charge in [-0.25, -0.2) is 9.80 Å². The summed E-state index contributed by atoms with van der Waals surface area (Å²) in [6.07, 6.45) is 1.42. The van der Waals surface area contributed by atoms with Crippen LogP contribution in [0.3, 0.4) is 0 Å². The Morgan fingerprint density at radius 3 is 2.74 bits per heavy atom. The molecule has 0 saturated carbocycles. The molecule has 0 spiro atoms. The van der Waals surface area contributed by atoms with Crippen LogP contribution in [0, 0.1) is 0 Å². The highest BCUT2D eigenvalue weighted by molar-refractivity contribution is 5.88. The molecule has 0 radical (unpaired) electrons. The predicted molar refractivity (Wildman–Crippen MR) is 83.8 cm³/mol. The number of hydroxylamine groups is 2. The van der Waals surface area contributed by atoms with Crippen molar-refractivity contribution in [3.63, 3.8) is 0 Å². The first-order valence-electron chi connectivity index (χ1n) is 7.81. The van der Waals surface area contributed by atoms with Gasteiger partial charge >= 0.3 is 6.03 Å². The van der Waals surface area contributed by atoms with E-state index in [1.54, 1.807) is 24.0 Å². The molecule has 0 aliphatic carbocycles. The fourth-order valence-electron chi connectivity index (χ4n) is 3.08. The molecule has 1 aromatic carbocycles. The quantitative estimate of drug-likeness (QED) is 0.822. The predicted octanol–water partition coefficient (Wildman–Crippen LogP) is 0.980. The highest BCUT2D eigenvalue weighted by Crippen LogP contribution is 2.30. The van der Waals surface area contributed by atoms with Crippen LogP contribution in [0.1, 0.15) is 18.4 Å². The highest BCUT2D eigenvalue weighted by atomic mass is 16.7. The van der Waals surface area contributed by atoms with E-state index in [-0.39, 0.29) is 18.0 Å². The summed E-state index contributed by atoms with van der Waals surface area (Å²) in [6, 6.07) is 9.11.